The minimum Gasteiger partial charge on any atom is -0.493 e. The smallest absolute Gasteiger partial charge is 0.343 e. The lowest BCUT2D eigenvalue weighted by molar-refractivity contribution is 0.0725. The Labute approximate surface area is 261 Å². The summed E-state index contributed by atoms with van der Waals surface area (Å²) in [6.07, 6.45) is 0. The molecule has 0 aliphatic rings. The van der Waals surface area contributed by atoms with E-state index in [-0.39, 0.29) is 0 Å². The molecule has 45 heavy (non-hydrogen) atoms. The molecule has 0 unspecified atom stereocenters. The van der Waals surface area contributed by atoms with Crippen LogP contribution in [0, 0.1) is 11.8 Å². The molecule has 1 aromatic heterocycles. The number of hydrogen-bond acceptors (Lipinski definition) is 9. The Morgan fingerprint density at radius 3 is 1.20 bits per heavy atom. The van der Waals surface area contributed by atoms with Gasteiger partial charge in [-0.1, -0.05) is 27.7 Å². The molecule has 0 N–H and O–H groups in total. The SMILES string of the molecule is CC(C)COc1ccc(C(=O)Oc2ccc(-c3nnc(-c4ccc(OC(=O)c5ccc(OCC(C)C)cc5)cc4)o3)cc2)cc1. The number of carbonyl (C=O) groups excluding carboxylic acids is 2. The molecule has 9 heteroatoms. The van der Waals surface area contributed by atoms with Crippen molar-refractivity contribution in [1.29, 1.82) is 0 Å². The third kappa shape index (κ3) is 8.57. The van der Waals surface area contributed by atoms with E-state index in [1.807, 2.05) is 0 Å². The van der Waals surface area contributed by atoms with Gasteiger partial charge in [0.2, 0.25) is 11.8 Å². The minimum atomic E-state index is -0.475. The first-order chi connectivity index (χ1) is 21.7. The van der Waals surface area contributed by atoms with Gasteiger partial charge in [-0.25, -0.2) is 9.59 Å². The van der Waals surface area contributed by atoms with Gasteiger partial charge < -0.3 is 23.4 Å². The van der Waals surface area contributed by atoms with Gasteiger partial charge in [0.1, 0.15) is 23.0 Å². The van der Waals surface area contributed by atoms with Gasteiger partial charge in [0, 0.05) is 11.1 Å². The molecule has 0 aliphatic heterocycles. The molecule has 0 radical (unpaired) electrons. The van der Waals surface area contributed by atoms with Crippen molar-refractivity contribution in [2.24, 2.45) is 11.8 Å². The van der Waals surface area contributed by atoms with Crippen molar-refractivity contribution in [1.82, 2.24) is 10.2 Å². The molecule has 0 atom stereocenters. The van der Waals surface area contributed by atoms with Gasteiger partial charge in [0.05, 0.1) is 24.3 Å². The van der Waals surface area contributed by atoms with Crippen LogP contribution in [-0.4, -0.2) is 35.3 Å². The van der Waals surface area contributed by atoms with Gasteiger partial charge in [-0.15, -0.1) is 10.2 Å². The summed E-state index contributed by atoms with van der Waals surface area (Å²) in [5, 5.41) is 8.29. The Kier molecular flexibility index (Phi) is 9.89. The number of benzene rings is 4. The second-order valence-electron chi connectivity index (χ2n) is 11.2. The van der Waals surface area contributed by atoms with Crippen molar-refractivity contribution >= 4 is 11.9 Å². The van der Waals surface area contributed by atoms with Gasteiger partial charge in [-0.3, -0.25) is 0 Å². The summed E-state index contributed by atoms with van der Waals surface area (Å²) in [6, 6.07) is 27.2. The second-order valence-corrected chi connectivity index (χ2v) is 11.2. The standard InChI is InChI=1S/C36H34N2O7/c1-23(2)21-41-29-13-9-27(10-14-29)35(39)43-31-17-5-25(6-18-31)33-37-38-34(45-33)26-7-19-32(20-8-26)44-36(40)28-11-15-30(16-12-28)42-22-24(3)4/h5-20,23-24H,21-22H2,1-4H3. The zero-order valence-electron chi connectivity index (χ0n) is 25.6. The molecule has 5 rings (SSSR count). The third-order valence-electron chi connectivity index (χ3n) is 6.40. The highest BCUT2D eigenvalue weighted by Crippen LogP contribution is 2.27. The van der Waals surface area contributed by atoms with Crippen LogP contribution >= 0.6 is 0 Å². The van der Waals surface area contributed by atoms with Crippen LogP contribution < -0.4 is 18.9 Å². The lowest BCUT2D eigenvalue weighted by Crippen LogP contribution is -2.09. The molecule has 0 saturated heterocycles. The molecule has 5 aromatic rings. The Morgan fingerprint density at radius 2 is 0.867 bits per heavy atom. The predicted octanol–water partition coefficient (Wildman–Crippen LogP) is 7.91. The first-order valence-corrected chi connectivity index (χ1v) is 14.7. The van der Waals surface area contributed by atoms with Crippen LogP contribution in [0.1, 0.15) is 48.4 Å². The Bertz CT molecular complexity index is 1580. The van der Waals surface area contributed by atoms with Crippen LogP contribution in [0.4, 0.5) is 0 Å². The van der Waals surface area contributed by atoms with Gasteiger partial charge in [-0.05, 0) is 109 Å². The first-order valence-electron chi connectivity index (χ1n) is 14.7. The van der Waals surface area contributed by atoms with Crippen molar-refractivity contribution in [2.75, 3.05) is 13.2 Å². The van der Waals surface area contributed by atoms with Crippen molar-refractivity contribution in [3.05, 3.63) is 108 Å². The van der Waals surface area contributed by atoms with Crippen molar-refractivity contribution in [2.45, 2.75) is 27.7 Å². The average Bonchev–Trinajstić information content (AvgIpc) is 3.54. The number of nitrogens with zero attached hydrogens (tertiary/aromatic N) is 2. The molecule has 0 amide bonds. The maximum Gasteiger partial charge on any atom is 0.343 e. The third-order valence-corrected chi connectivity index (χ3v) is 6.40. The number of aromatic nitrogens is 2. The summed E-state index contributed by atoms with van der Waals surface area (Å²) in [5.74, 6) is 2.63. The molecular weight excluding hydrogens is 572 g/mol. The summed E-state index contributed by atoms with van der Waals surface area (Å²) >= 11 is 0. The monoisotopic (exact) mass is 606 g/mol. The normalized spacial score (nSPS) is 11.0. The van der Waals surface area contributed by atoms with Crippen LogP contribution in [0.5, 0.6) is 23.0 Å². The maximum absolute atomic E-state index is 12.6. The number of carbonyl (C=O) groups is 2. The average molecular weight is 607 g/mol. The molecule has 230 valence electrons. The highest BCUT2D eigenvalue weighted by Gasteiger charge is 2.14. The summed E-state index contributed by atoms with van der Waals surface area (Å²) in [6.45, 7) is 9.49. The van der Waals surface area contributed by atoms with Gasteiger partial charge >= 0.3 is 11.9 Å². The molecule has 0 saturated carbocycles. The summed E-state index contributed by atoms with van der Waals surface area (Å²) in [4.78, 5) is 25.2. The highest BCUT2D eigenvalue weighted by molar-refractivity contribution is 5.91. The molecule has 0 bridgehead atoms. The number of ether oxygens (including phenoxy) is 4. The quantitative estimate of drug-likeness (QED) is 0.103. The highest BCUT2D eigenvalue weighted by atomic mass is 16.5. The topological polar surface area (TPSA) is 110 Å². The van der Waals surface area contributed by atoms with Gasteiger partial charge in [0.15, 0.2) is 0 Å². The fraction of sp³-hybridized carbons (Fsp3) is 0.222. The zero-order valence-corrected chi connectivity index (χ0v) is 25.6. The fourth-order valence-electron chi connectivity index (χ4n) is 4.02. The lowest BCUT2D eigenvalue weighted by atomic mass is 10.2. The minimum absolute atomic E-state index is 0.302. The van der Waals surface area contributed by atoms with E-state index in [0.717, 1.165) is 0 Å². The van der Waals surface area contributed by atoms with E-state index in [1.54, 1.807) is 97.1 Å². The van der Waals surface area contributed by atoms with Gasteiger partial charge in [0.25, 0.3) is 0 Å². The van der Waals surface area contributed by atoms with E-state index in [4.69, 9.17) is 23.4 Å². The number of rotatable bonds is 12. The molecule has 4 aromatic carbocycles. The molecule has 0 spiro atoms. The molecular formula is C36H34N2O7. The summed E-state index contributed by atoms with van der Waals surface area (Å²) in [5.41, 5.74) is 2.15. The first kappa shape index (κ1) is 31.0. The Hall–Kier alpha value is -5.44. The van der Waals surface area contributed by atoms with E-state index in [2.05, 4.69) is 37.9 Å². The van der Waals surface area contributed by atoms with Crippen LogP contribution in [0.3, 0.4) is 0 Å². The van der Waals surface area contributed by atoms with Crippen molar-refractivity contribution in [3.63, 3.8) is 0 Å². The number of esters is 2. The second kappa shape index (κ2) is 14.4. The van der Waals surface area contributed by atoms with Crippen molar-refractivity contribution < 1.29 is 33.0 Å². The predicted molar refractivity (Wildman–Crippen MR) is 169 cm³/mol. The molecule has 0 aliphatic carbocycles. The lowest BCUT2D eigenvalue weighted by Gasteiger charge is -2.09. The van der Waals surface area contributed by atoms with E-state index in [9.17, 15) is 9.59 Å². The zero-order chi connectivity index (χ0) is 31.8. The van der Waals surface area contributed by atoms with Crippen LogP contribution in [0.2, 0.25) is 0 Å². The molecule has 0 fully saturated rings. The summed E-state index contributed by atoms with van der Waals surface area (Å²) < 4.78 is 28.2. The van der Waals surface area contributed by atoms with Crippen LogP contribution in [0.15, 0.2) is 101 Å². The van der Waals surface area contributed by atoms with E-state index in [1.165, 1.54) is 0 Å². The Balaban J connectivity index is 1.15. The molecule has 1 heterocycles. The number of hydrogen-bond donors (Lipinski definition) is 0. The van der Waals surface area contributed by atoms with E-state index >= 15 is 0 Å². The maximum atomic E-state index is 12.6. The largest absolute Gasteiger partial charge is 0.493 e. The van der Waals surface area contributed by atoms with E-state index in [0.29, 0.717) is 82.1 Å². The van der Waals surface area contributed by atoms with Crippen LogP contribution in [-0.2, 0) is 0 Å². The summed E-state index contributed by atoms with van der Waals surface area (Å²) in [7, 11) is 0. The van der Waals surface area contributed by atoms with Gasteiger partial charge in [-0.2, -0.15) is 0 Å². The fourth-order valence-corrected chi connectivity index (χ4v) is 4.02. The van der Waals surface area contributed by atoms with Crippen molar-refractivity contribution in [3.8, 4) is 45.9 Å². The van der Waals surface area contributed by atoms with Crippen LogP contribution in [0.25, 0.3) is 22.9 Å². The Morgan fingerprint density at radius 1 is 0.533 bits per heavy atom. The molecule has 9 nitrogen and oxygen atoms in total. The van der Waals surface area contributed by atoms with E-state index < -0.39 is 11.9 Å².